The van der Waals surface area contributed by atoms with Crippen LogP contribution < -0.4 is 15.4 Å². The van der Waals surface area contributed by atoms with Crippen LogP contribution in [0.4, 0.5) is 18.0 Å². The minimum Gasteiger partial charge on any atom is -0.457 e. The van der Waals surface area contributed by atoms with Gasteiger partial charge in [-0.15, -0.1) is 11.3 Å². The van der Waals surface area contributed by atoms with Gasteiger partial charge in [-0.3, -0.25) is 4.79 Å². The zero-order chi connectivity index (χ0) is 22.9. The molecule has 1 saturated heterocycles. The summed E-state index contributed by atoms with van der Waals surface area (Å²) in [6.45, 7) is 0. The van der Waals surface area contributed by atoms with Gasteiger partial charge in [0.05, 0.1) is 10.9 Å². The number of hydrogen-bond donors (Lipinski definition) is 3. The number of carbonyl (C=O) groups is 2. The number of hydrogen-bond acceptors (Lipinski definition) is 5. The number of carbonyl (C=O) groups excluding carboxylic acids is 2. The monoisotopic (exact) mass is 462 g/mol. The predicted molar refractivity (Wildman–Crippen MR) is 111 cm³/mol. The van der Waals surface area contributed by atoms with Crippen LogP contribution in [0.15, 0.2) is 72.1 Å². The summed E-state index contributed by atoms with van der Waals surface area (Å²) in [5, 5.41) is 16.0. The van der Waals surface area contributed by atoms with Gasteiger partial charge in [-0.1, -0.05) is 36.4 Å². The van der Waals surface area contributed by atoms with Gasteiger partial charge >= 0.3 is 12.2 Å². The number of thiophene rings is 1. The number of para-hydroxylation sites is 1. The van der Waals surface area contributed by atoms with Crippen molar-refractivity contribution in [2.45, 2.75) is 17.9 Å². The number of benzene rings is 2. The Morgan fingerprint density at radius 2 is 1.75 bits per heavy atom. The van der Waals surface area contributed by atoms with E-state index in [0.717, 1.165) is 11.3 Å². The molecule has 3 N–H and O–H groups in total. The van der Waals surface area contributed by atoms with Crippen LogP contribution in [-0.4, -0.2) is 28.8 Å². The largest absolute Gasteiger partial charge is 0.457 e. The highest BCUT2D eigenvalue weighted by Crippen LogP contribution is 2.44. The van der Waals surface area contributed by atoms with Gasteiger partial charge in [0.25, 0.3) is 0 Å². The molecular weight excluding hydrogens is 445 g/mol. The molecule has 0 unspecified atom stereocenters. The molecule has 3 atom stereocenters. The zero-order valence-corrected chi connectivity index (χ0v) is 17.1. The molecule has 4 rings (SSSR count). The second-order valence-electron chi connectivity index (χ2n) is 7.15. The van der Waals surface area contributed by atoms with Crippen LogP contribution in [0.25, 0.3) is 0 Å². The molecule has 0 spiro atoms. The number of aliphatic hydroxyl groups is 1. The van der Waals surface area contributed by atoms with Gasteiger partial charge in [0.1, 0.15) is 17.4 Å². The summed E-state index contributed by atoms with van der Waals surface area (Å²) in [6.07, 6.45) is -5.31. The van der Waals surface area contributed by atoms with Crippen LogP contribution in [0.1, 0.15) is 21.3 Å². The van der Waals surface area contributed by atoms with Crippen molar-refractivity contribution >= 4 is 23.2 Å². The molecule has 0 saturated carbocycles. The zero-order valence-electron chi connectivity index (χ0n) is 16.3. The van der Waals surface area contributed by atoms with Crippen LogP contribution in [0.5, 0.6) is 11.5 Å². The SMILES string of the molecule is O=C1N[C@H](c2cccc(Oc3ccccc3)c2)[C@@H](C(=O)c2cccs2)[C@@](O)(C(F)(F)F)N1. The summed E-state index contributed by atoms with van der Waals surface area (Å²) in [4.78, 5) is 25.3. The number of nitrogens with one attached hydrogen (secondary N) is 2. The van der Waals surface area contributed by atoms with E-state index >= 15 is 0 Å². The molecular formula is C22H17F3N2O4S. The van der Waals surface area contributed by atoms with E-state index in [-0.39, 0.29) is 10.4 Å². The first kappa shape index (κ1) is 21.8. The first-order chi connectivity index (χ1) is 15.2. The lowest BCUT2D eigenvalue weighted by molar-refractivity contribution is -0.287. The third-order valence-electron chi connectivity index (χ3n) is 5.05. The fourth-order valence-corrected chi connectivity index (χ4v) is 4.29. The van der Waals surface area contributed by atoms with E-state index in [1.165, 1.54) is 41.0 Å². The Morgan fingerprint density at radius 3 is 2.41 bits per heavy atom. The molecule has 0 aliphatic carbocycles. The lowest BCUT2D eigenvalue weighted by atomic mass is 9.78. The second kappa shape index (κ2) is 8.29. The van der Waals surface area contributed by atoms with Crippen LogP contribution >= 0.6 is 11.3 Å². The molecule has 1 aliphatic rings. The summed E-state index contributed by atoms with van der Waals surface area (Å²) in [7, 11) is 0. The topological polar surface area (TPSA) is 87.7 Å². The number of alkyl halides is 3. The number of urea groups is 1. The van der Waals surface area contributed by atoms with Crippen molar-refractivity contribution < 1.29 is 32.6 Å². The smallest absolute Gasteiger partial charge is 0.437 e. The normalized spacial score (nSPS) is 23.2. The maximum atomic E-state index is 13.9. The molecule has 1 aliphatic heterocycles. The third-order valence-corrected chi connectivity index (χ3v) is 5.93. The first-order valence-corrected chi connectivity index (χ1v) is 10.4. The molecule has 6 nitrogen and oxygen atoms in total. The quantitative estimate of drug-likeness (QED) is 0.482. The minimum absolute atomic E-state index is 0.0253. The Balaban J connectivity index is 1.77. The minimum atomic E-state index is -5.31. The second-order valence-corrected chi connectivity index (χ2v) is 8.09. The van der Waals surface area contributed by atoms with Crippen molar-refractivity contribution in [1.82, 2.24) is 10.6 Å². The van der Waals surface area contributed by atoms with Crippen molar-refractivity contribution in [2.24, 2.45) is 5.92 Å². The standard InChI is InChI=1S/C22H17F3N2O4S/c23-22(24,25)21(30)17(19(28)16-10-5-11-32-16)18(26-20(29)27-21)13-6-4-9-15(12-13)31-14-7-2-1-3-8-14/h1-12,17-18,30H,(H2,26,27,29)/t17-,18+,21+/m0/s1. The molecule has 0 radical (unpaired) electrons. The van der Waals surface area contributed by atoms with Gasteiger partial charge in [-0.2, -0.15) is 13.2 Å². The lowest BCUT2D eigenvalue weighted by Gasteiger charge is -2.44. The summed E-state index contributed by atoms with van der Waals surface area (Å²) in [5.41, 5.74) is -3.59. The van der Waals surface area contributed by atoms with Crippen molar-refractivity contribution in [2.75, 3.05) is 0 Å². The van der Waals surface area contributed by atoms with Gasteiger partial charge in [-0.05, 0) is 41.3 Å². The molecule has 166 valence electrons. The van der Waals surface area contributed by atoms with Crippen LogP contribution in [0.3, 0.4) is 0 Å². The Morgan fingerprint density at radius 1 is 1.03 bits per heavy atom. The Kier molecular flexibility index (Phi) is 5.66. The molecule has 2 heterocycles. The molecule has 2 aromatic carbocycles. The average Bonchev–Trinajstić information content (AvgIpc) is 3.28. The summed E-state index contributed by atoms with van der Waals surface area (Å²) in [5.74, 6) is -2.24. The highest BCUT2D eigenvalue weighted by molar-refractivity contribution is 7.12. The lowest BCUT2D eigenvalue weighted by Crippen LogP contribution is -2.72. The Hall–Kier alpha value is -3.37. The van der Waals surface area contributed by atoms with Gasteiger partial charge in [-0.25, -0.2) is 4.79 Å². The third kappa shape index (κ3) is 4.06. The van der Waals surface area contributed by atoms with Gasteiger partial charge in [0.2, 0.25) is 5.72 Å². The van der Waals surface area contributed by atoms with Crippen molar-refractivity contribution in [1.29, 1.82) is 0 Å². The number of ether oxygens (including phenoxy) is 1. The van der Waals surface area contributed by atoms with Crippen molar-refractivity contribution in [3.63, 3.8) is 0 Å². The number of halogens is 3. The molecule has 32 heavy (non-hydrogen) atoms. The molecule has 10 heteroatoms. The summed E-state index contributed by atoms with van der Waals surface area (Å²) < 4.78 is 47.6. The fraction of sp³-hybridized carbons (Fsp3) is 0.182. The molecule has 0 bridgehead atoms. The number of amides is 2. The van der Waals surface area contributed by atoms with Crippen LogP contribution in [0.2, 0.25) is 0 Å². The fourth-order valence-electron chi connectivity index (χ4n) is 3.58. The van der Waals surface area contributed by atoms with Gasteiger partial charge in [0.15, 0.2) is 5.78 Å². The van der Waals surface area contributed by atoms with E-state index in [9.17, 15) is 27.9 Å². The van der Waals surface area contributed by atoms with Crippen LogP contribution in [0, 0.1) is 5.92 Å². The maximum absolute atomic E-state index is 13.9. The average molecular weight is 462 g/mol. The van der Waals surface area contributed by atoms with E-state index in [2.05, 4.69) is 5.32 Å². The summed E-state index contributed by atoms with van der Waals surface area (Å²) >= 11 is 0.946. The van der Waals surface area contributed by atoms with Gasteiger partial charge in [0, 0.05) is 0 Å². The molecule has 1 fully saturated rings. The highest BCUT2D eigenvalue weighted by atomic mass is 32.1. The number of ketones is 1. The predicted octanol–water partition coefficient (Wildman–Crippen LogP) is 4.64. The Labute approximate surface area is 184 Å². The number of rotatable bonds is 5. The van der Waals surface area contributed by atoms with Crippen molar-refractivity contribution in [3.05, 3.63) is 82.6 Å². The molecule has 2 amide bonds. The molecule has 3 aromatic rings. The van der Waals surface area contributed by atoms with E-state index in [4.69, 9.17) is 4.74 Å². The highest BCUT2D eigenvalue weighted by Gasteiger charge is 2.66. The van der Waals surface area contributed by atoms with E-state index in [1.54, 1.807) is 36.4 Å². The van der Waals surface area contributed by atoms with E-state index < -0.39 is 35.7 Å². The maximum Gasteiger partial charge on any atom is 0.437 e. The Bertz CT molecular complexity index is 1120. The summed E-state index contributed by atoms with van der Waals surface area (Å²) in [6, 6.07) is 14.9. The molecule has 1 aromatic heterocycles. The van der Waals surface area contributed by atoms with E-state index in [0.29, 0.717) is 11.5 Å². The van der Waals surface area contributed by atoms with Gasteiger partial charge < -0.3 is 20.5 Å². The number of Topliss-reactive ketones (excluding diaryl/α,β-unsaturated/α-hetero) is 1. The first-order valence-electron chi connectivity index (χ1n) is 9.47. The van der Waals surface area contributed by atoms with E-state index in [1.807, 2.05) is 0 Å². The van der Waals surface area contributed by atoms with Crippen molar-refractivity contribution in [3.8, 4) is 11.5 Å². The van der Waals surface area contributed by atoms with Crippen LogP contribution in [-0.2, 0) is 0 Å².